The maximum atomic E-state index is 9.12. The van der Waals surface area contributed by atoms with Gasteiger partial charge in [0, 0.05) is 13.1 Å². The zero-order valence-electron chi connectivity index (χ0n) is 10.8. The third kappa shape index (κ3) is 4.26. The molecule has 20 heavy (non-hydrogen) atoms. The van der Waals surface area contributed by atoms with Crippen molar-refractivity contribution < 1.29 is 10.2 Å². The lowest BCUT2D eigenvalue weighted by Gasteiger charge is -2.07. The minimum absolute atomic E-state index is 0.0152. The van der Waals surface area contributed by atoms with Crippen LogP contribution in [0, 0.1) is 0 Å². The SMILES string of the molecule is OCc1cc(Br)nc(NCCCn2cc(CO)nn2)c1. The monoisotopic (exact) mass is 341 g/mol. The number of aryl methyl sites for hydroxylation is 1. The highest BCUT2D eigenvalue weighted by atomic mass is 79.9. The maximum Gasteiger partial charge on any atom is 0.127 e. The minimum atomic E-state index is -0.0931. The molecule has 7 nitrogen and oxygen atoms in total. The summed E-state index contributed by atoms with van der Waals surface area (Å²) in [5, 5.41) is 28.9. The Morgan fingerprint density at radius 2 is 2.10 bits per heavy atom. The van der Waals surface area contributed by atoms with Crippen LogP contribution in [0.5, 0.6) is 0 Å². The molecule has 0 unspecified atom stereocenters. The van der Waals surface area contributed by atoms with Gasteiger partial charge in [0.25, 0.3) is 0 Å². The smallest absolute Gasteiger partial charge is 0.127 e. The molecule has 2 aromatic heterocycles. The fourth-order valence-corrected chi connectivity index (χ4v) is 2.19. The second-order valence-corrected chi connectivity index (χ2v) is 5.07. The van der Waals surface area contributed by atoms with E-state index in [9.17, 15) is 0 Å². The lowest BCUT2D eigenvalue weighted by molar-refractivity contribution is 0.276. The molecule has 0 aliphatic carbocycles. The van der Waals surface area contributed by atoms with Crippen LogP contribution >= 0.6 is 15.9 Å². The lowest BCUT2D eigenvalue weighted by atomic mass is 10.3. The number of hydrogen-bond donors (Lipinski definition) is 3. The normalized spacial score (nSPS) is 10.8. The van der Waals surface area contributed by atoms with E-state index in [4.69, 9.17) is 10.2 Å². The Balaban J connectivity index is 1.79. The van der Waals surface area contributed by atoms with Gasteiger partial charge in [-0.1, -0.05) is 5.21 Å². The fourth-order valence-electron chi connectivity index (χ4n) is 1.71. The highest BCUT2D eigenvalue weighted by molar-refractivity contribution is 9.10. The van der Waals surface area contributed by atoms with Gasteiger partial charge in [0.2, 0.25) is 0 Å². The molecular weight excluding hydrogens is 326 g/mol. The molecule has 0 saturated carbocycles. The highest BCUT2D eigenvalue weighted by Crippen LogP contribution is 2.15. The van der Waals surface area contributed by atoms with Crippen LogP contribution in [-0.2, 0) is 19.8 Å². The van der Waals surface area contributed by atoms with E-state index in [0.717, 1.165) is 24.3 Å². The number of rotatable bonds is 7. The van der Waals surface area contributed by atoms with Crippen molar-refractivity contribution in [2.75, 3.05) is 11.9 Å². The van der Waals surface area contributed by atoms with Gasteiger partial charge >= 0.3 is 0 Å². The summed E-state index contributed by atoms with van der Waals surface area (Å²) >= 11 is 3.30. The summed E-state index contributed by atoms with van der Waals surface area (Å²) in [7, 11) is 0. The van der Waals surface area contributed by atoms with Crippen LogP contribution in [0.2, 0.25) is 0 Å². The first-order valence-corrected chi connectivity index (χ1v) is 7.01. The van der Waals surface area contributed by atoms with Crippen molar-refractivity contribution in [1.29, 1.82) is 0 Å². The molecule has 0 atom stereocenters. The zero-order chi connectivity index (χ0) is 14.4. The fraction of sp³-hybridized carbons (Fsp3) is 0.417. The Kier molecular flexibility index (Phi) is 5.45. The number of anilines is 1. The zero-order valence-corrected chi connectivity index (χ0v) is 12.4. The number of nitrogens with one attached hydrogen (secondary N) is 1. The van der Waals surface area contributed by atoms with Crippen LogP contribution in [-0.4, -0.2) is 36.7 Å². The lowest BCUT2D eigenvalue weighted by Crippen LogP contribution is -2.08. The van der Waals surface area contributed by atoms with E-state index in [1.54, 1.807) is 16.9 Å². The first kappa shape index (κ1) is 14.9. The molecule has 0 bridgehead atoms. The van der Waals surface area contributed by atoms with Crippen molar-refractivity contribution >= 4 is 21.7 Å². The topological polar surface area (TPSA) is 96.1 Å². The third-order valence-corrected chi connectivity index (χ3v) is 3.06. The molecule has 0 fully saturated rings. The molecule has 0 aliphatic rings. The van der Waals surface area contributed by atoms with Gasteiger partial charge in [-0.2, -0.15) is 0 Å². The number of nitrogens with zero attached hydrogens (tertiary/aromatic N) is 4. The molecule has 2 heterocycles. The van der Waals surface area contributed by atoms with Crippen molar-refractivity contribution in [2.45, 2.75) is 26.2 Å². The summed E-state index contributed by atoms with van der Waals surface area (Å²) < 4.78 is 2.39. The van der Waals surface area contributed by atoms with Crippen LogP contribution in [0.15, 0.2) is 22.9 Å². The van der Waals surface area contributed by atoms with E-state index in [2.05, 4.69) is 36.5 Å². The molecule has 2 aromatic rings. The standard InChI is InChI=1S/C12H16BrN5O2/c13-11-4-9(7-19)5-12(15-11)14-2-1-3-18-6-10(8-20)16-17-18/h4-6,19-20H,1-3,7-8H2,(H,14,15). The number of aliphatic hydroxyl groups is 2. The first-order chi connectivity index (χ1) is 9.71. The van der Waals surface area contributed by atoms with E-state index >= 15 is 0 Å². The van der Waals surface area contributed by atoms with E-state index in [-0.39, 0.29) is 13.2 Å². The molecule has 0 amide bonds. The second kappa shape index (κ2) is 7.32. The molecule has 0 spiro atoms. The van der Waals surface area contributed by atoms with E-state index < -0.39 is 0 Å². The molecule has 3 N–H and O–H groups in total. The van der Waals surface area contributed by atoms with Gasteiger partial charge < -0.3 is 15.5 Å². The van der Waals surface area contributed by atoms with Crippen molar-refractivity contribution in [3.8, 4) is 0 Å². The van der Waals surface area contributed by atoms with Crippen molar-refractivity contribution in [3.63, 3.8) is 0 Å². The molecule has 2 rings (SSSR count). The molecule has 8 heteroatoms. The second-order valence-electron chi connectivity index (χ2n) is 4.25. The maximum absolute atomic E-state index is 9.12. The predicted octanol–water partition coefficient (Wildman–Crippen LogP) is 0.922. The Bertz CT molecular complexity index is 561. The Hall–Kier alpha value is -1.51. The van der Waals surface area contributed by atoms with Crippen LogP contribution in [0.25, 0.3) is 0 Å². The highest BCUT2D eigenvalue weighted by Gasteiger charge is 2.01. The quantitative estimate of drug-likeness (QED) is 0.512. The average Bonchev–Trinajstić information content (AvgIpc) is 2.91. The summed E-state index contributed by atoms with van der Waals surface area (Å²) in [5.41, 5.74) is 1.37. The molecule has 0 radical (unpaired) electrons. The predicted molar refractivity (Wildman–Crippen MR) is 76.9 cm³/mol. The van der Waals surface area contributed by atoms with Gasteiger partial charge in [-0.05, 0) is 40.0 Å². The summed E-state index contributed by atoms with van der Waals surface area (Å²) in [6.45, 7) is 1.33. The van der Waals surface area contributed by atoms with E-state index in [1.807, 2.05) is 6.07 Å². The van der Waals surface area contributed by atoms with Gasteiger partial charge in [-0.3, -0.25) is 4.68 Å². The van der Waals surface area contributed by atoms with E-state index in [1.165, 1.54) is 0 Å². The van der Waals surface area contributed by atoms with Crippen molar-refractivity contribution in [1.82, 2.24) is 20.0 Å². The van der Waals surface area contributed by atoms with Crippen molar-refractivity contribution in [3.05, 3.63) is 34.2 Å². The molecule has 0 aromatic carbocycles. The molecule has 0 saturated heterocycles. The van der Waals surface area contributed by atoms with Gasteiger partial charge in [0.05, 0.1) is 19.4 Å². The summed E-state index contributed by atoms with van der Waals surface area (Å²) in [6.07, 6.45) is 2.57. The number of pyridine rings is 1. The number of aliphatic hydroxyl groups excluding tert-OH is 2. The van der Waals surface area contributed by atoms with Crippen LogP contribution in [0.4, 0.5) is 5.82 Å². The van der Waals surface area contributed by atoms with Gasteiger partial charge in [-0.25, -0.2) is 4.98 Å². The average molecular weight is 342 g/mol. The summed E-state index contributed by atoms with van der Waals surface area (Å²) in [6, 6.07) is 3.58. The Labute approximate surface area is 124 Å². The van der Waals surface area contributed by atoms with Gasteiger partial charge in [0.1, 0.15) is 16.1 Å². The van der Waals surface area contributed by atoms with Crippen LogP contribution in [0.3, 0.4) is 0 Å². The number of hydrogen-bond acceptors (Lipinski definition) is 6. The summed E-state index contributed by atoms with van der Waals surface area (Å²) in [5.74, 6) is 0.720. The van der Waals surface area contributed by atoms with Crippen LogP contribution < -0.4 is 5.32 Å². The Morgan fingerprint density at radius 3 is 2.80 bits per heavy atom. The number of aromatic nitrogens is 4. The minimum Gasteiger partial charge on any atom is -0.392 e. The molecular formula is C12H16BrN5O2. The molecule has 0 aliphatic heterocycles. The largest absolute Gasteiger partial charge is 0.392 e. The van der Waals surface area contributed by atoms with Crippen LogP contribution in [0.1, 0.15) is 17.7 Å². The third-order valence-electron chi connectivity index (χ3n) is 2.65. The summed E-state index contributed by atoms with van der Waals surface area (Å²) in [4.78, 5) is 4.27. The first-order valence-electron chi connectivity index (χ1n) is 6.22. The van der Waals surface area contributed by atoms with E-state index in [0.29, 0.717) is 16.8 Å². The van der Waals surface area contributed by atoms with Gasteiger partial charge in [0.15, 0.2) is 0 Å². The van der Waals surface area contributed by atoms with Crippen molar-refractivity contribution in [2.24, 2.45) is 0 Å². The van der Waals surface area contributed by atoms with Gasteiger partial charge in [-0.15, -0.1) is 5.10 Å². The Morgan fingerprint density at radius 1 is 1.25 bits per heavy atom. The number of halogens is 1. The molecule has 108 valence electrons.